The second kappa shape index (κ2) is 9.91. The Morgan fingerprint density at radius 1 is 0.885 bits per heavy atom. The highest BCUT2D eigenvalue weighted by atomic mass is 19.4. The van der Waals surface area contributed by atoms with Crippen LogP contribution >= 0.6 is 0 Å². The molecule has 0 unspecified atom stereocenters. The van der Waals surface area contributed by atoms with Crippen LogP contribution in [0.15, 0.2) is 0 Å². The average molecular weight is 402 g/mol. The standard InChI is InChI=1S/C14H18F8O4/c1-2-3-4-5-6-25-9(23)7-10(24)26-8-12(17,18)14(21,22)13(19,20)11(15)16/h11H,2-8H2,1H3. The number of unbranched alkanes of at least 4 members (excludes halogenated alkanes) is 3. The maximum Gasteiger partial charge on any atom is 0.381 e. The smallest absolute Gasteiger partial charge is 0.381 e. The van der Waals surface area contributed by atoms with Gasteiger partial charge >= 0.3 is 36.1 Å². The van der Waals surface area contributed by atoms with Crippen molar-refractivity contribution in [1.29, 1.82) is 0 Å². The van der Waals surface area contributed by atoms with Gasteiger partial charge in [-0.3, -0.25) is 9.59 Å². The van der Waals surface area contributed by atoms with Gasteiger partial charge in [0.05, 0.1) is 6.61 Å². The lowest BCUT2D eigenvalue weighted by Crippen LogP contribution is -2.59. The Kier molecular flexibility index (Phi) is 9.29. The number of ether oxygens (including phenoxy) is 2. The minimum absolute atomic E-state index is 0.0685. The molecule has 12 heteroatoms. The summed E-state index contributed by atoms with van der Waals surface area (Å²) in [5, 5.41) is 0. The molecule has 4 nitrogen and oxygen atoms in total. The molecule has 0 fully saturated rings. The van der Waals surface area contributed by atoms with Crippen molar-refractivity contribution in [3.05, 3.63) is 0 Å². The first kappa shape index (κ1) is 24.4. The van der Waals surface area contributed by atoms with E-state index in [0.29, 0.717) is 6.42 Å². The zero-order chi connectivity index (χ0) is 20.6. The predicted molar refractivity (Wildman–Crippen MR) is 71.5 cm³/mol. The highest BCUT2D eigenvalue weighted by Crippen LogP contribution is 2.48. The van der Waals surface area contributed by atoms with E-state index in [9.17, 15) is 44.7 Å². The van der Waals surface area contributed by atoms with Crippen LogP contribution in [0.1, 0.15) is 39.0 Å². The van der Waals surface area contributed by atoms with Crippen molar-refractivity contribution in [3.63, 3.8) is 0 Å². The van der Waals surface area contributed by atoms with Crippen LogP contribution in [-0.4, -0.2) is 49.3 Å². The van der Waals surface area contributed by atoms with E-state index < -0.39 is 49.2 Å². The summed E-state index contributed by atoms with van der Waals surface area (Å²) in [6.07, 6.45) is -3.31. The topological polar surface area (TPSA) is 52.6 Å². The van der Waals surface area contributed by atoms with Gasteiger partial charge < -0.3 is 9.47 Å². The van der Waals surface area contributed by atoms with Gasteiger partial charge in [0.15, 0.2) is 6.61 Å². The SMILES string of the molecule is CCCCCCOC(=O)CC(=O)OCC(F)(F)C(F)(F)C(F)(F)C(F)F. The second-order valence-corrected chi connectivity index (χ2v) is 5.32. The van der Waals surface area contributed by atoms with Crippen molar-refractivity contribution in [2.75, 3.05) is 13.2 Å². The van der Waals surface area contributed by atoms with Crippen LogP contribution in [0.5, 0.6) is 0 Å². The molecule has 0 aliphatic carbocycles. The van der Waals surface area contributed by atoms with E-state index in [0.717, 1.165) is 19.3 Å². The first-order valence-corrected chi connectivity index (χ1v) is 7.52. The molecule has 0 saturated carbocycles. The van der Waals surface area contributed by atoms with Crippen LogP contribution in [0.2, 0.25) is 0 Å². The van der Waals surface area contributed by atoms with E-state index in [1.54, 1.807) is 0 Å². The number of carbonyl (C=O) groups excluding carboxylic acids is 2. The molecule has 0 aromatic rings. The number of esters is 2. The maximum absolute atomic E-state index is 13.1. The van der Waals surface area contributed by atoms with Gasteiger partial charge in [-0.15, -0.1) is 0 Å². The van der Waals surface area contributed by atoms with Crippen LogP contribution in [0.25, 0.3) is 0 Å². The van der Waals surface area contributed by atoms with E-state index >= 15 is 0 Å². The third-order valence-corrected chi connectivity index (χ3v) is 3.12. The zero-order valence-electron chi connectivity index (χ0n) is 13.7. The summed E-state index contributed by atoms with van der Waals surface area (Å²) in [6, 6.07) is 0. The van der Waals surface area contributed by atoms with Crippen molar-refractivity contribution >= 4 is 11.9 Å². The largest absolute Gasteiger partial charge is 0.465 e. The molecule has 0 atom stereocenters. The highest BCUT2D eigenvalue weighted by molar-refractivity contribution is 5.91. The van der Waals surface area contributed by atoms with Crippen LogP contribution in [0, 0.1) is 0 Å². The molecule has 0 N–H and O–H groups in total. The first-order valence-electron chi connectivity index (χ1n) is 7.52. The molecule has 0 rings (SSSR count). The van der Waals surface area contributed by atoms with Gasteiger partial charge in [-0.1, -0.05) is 26.2 Å². The summed E-state index contributed by atoms with van der Waals surface area (Å²) in [5.74, 6) is -21.6. The minimum atomic E-state index is -6.48. The quantitative estimate of drug-likeness (QED) is 0.212. The van der Waals surface area contributed by atoms with E-state index in [1.165, 1.54) is 0 Å². The van der Waals surface area contributed by atoms with Gasteiger partial charge in [0.1, 0.15) is 6.42 Å². The lowest BCUT2D eigenvalue weighted by Gasteiger charge is -2.31. The lowest BCUT2D eigenvalue weighted by atomic mass is 10.1. The Balaban J connectivity index is 4.49. The summed E-state index contributed by atoms with van der Waals surface area (Å²) in [5.41, 5.74) is 0. The fourth-order valence-electron chi connectivity index (χ4n) is 1.58. The second-order valence-electron chi connectivity index (χ2n) is 5.32. The average Bonchev–Trinajstić information content (AvgIpc) is 2.52. The third-order valence-electron chi connectivity index (χ3n) is 3.12. The molecule has 0 aliphatic rings. The minimum Gasteiger partial charge on any atom is -0.465 e. The molecule has 0 aromatic carbocycles. The molecule has 0 bridgehead atoms. The van der Waals surface area contributed by atoms with Crippen LogP contribution < -0.4 is 0 Å². The molecular formula is C14H18F8O4. The van der Waals surface area contributed by atoms with E-state index in [-0.39, 0.29) is 6.61 Å². The van der Waals surface area contributed by atoms with Crippen molar-refractivity contribution < 1.29 is 54.2 Å². The number of rotatable bonds is 12. The van der Waals surface area contributed by atoms with E-state index in [1.807, 2.05) is 6.92 Å². The molecule has 154 valence electrons. The Bertz CT molecular complexity index is 468. The summed E-state index contributed by atoms with van der Waals surface area (Å²) < 4.78 is 109. The van der Waals surface area contributed by atoms with Gasteiger partial charge in [-0.2, -0.15) is 26.3 Å². The molecule has 0 spiro atoms. The Morgan fingerprint density at radius 3 is 1.92 bits per heavy atom. The predicted octanol–water partition coefficient (Wildman–Crippen LogP) is 4.21. The molecule has 0 heterocycles. The van der Waals surface area contributed by atoms with E-state index in [2.05, 4.69) is 9.47 Å². The summed E-state index contributed by atoms with van der Waals surface area (Å²) in [6.45, 7) is -0.746. The van der Waals surface area contributed by atoms with Gasteiger partial charge in [0, 0.05) is 0 Å². The number of alkyl halides is 8. The van der Waals surface area contributed by atoms with Gasteiger partial charge in [0.2, 0.25) is 0 Å². The number of hydrogen-bond acceptors (Lipinski definition) is 4. The zero-order valence-corrected chi connectivity index (χ0v) is 13.7. The third kappa shape index (κ3) is 6.60. The number of carbonyl (C=O) groups is 2. The molecule has 0 radical (unpaired) electrons. The van der Waals surface area contributed by atoms with Crippen LogP contribution in [-0.2, 0) is 19.1 Å². The summed E-state index contributed by atoms with van der Waals surface area (Å²) >= 11 is 0. The van der Waals surface area contributed by atoms with Crippen molar-refractivity contribution in [3.8, 4) is 0 Å². The highest BCUT2D eigenvalue weighted by Gasteiger charge is 2.75. The van der Waals surface area contributed by atoms with Crippen molar-refractivity contribution in [2.24, 2.45) is 0 Å². The van der Waals surface area contributed by atoms with Gasteiger partial charge in [-0.05, 0) is 6.42 Å². The van der Waals surface area contributed by atoms with E-state index in [4.69, 9.17) is 0 Å². The molecule has 0 aromatic heterocycles. The molecule has 26 heavy (non-hydrogen) atoms. The maximum atomic E-state index is 13.1. The molecule has 0 aliphatic heterocycles. The van der Waals surface area contributed by atoms with Crippen LogP contribution in [0.3, 0.4) is 0 Å². The van der Waals surface area contributed by atoms with Gasteiger partial charge in [0.25, 0.3) is 0 Å². The van der Waals surface area contributed by atoms with Crippen molar-refractivity contribution in [2.45, 2.75) is 63.2 Å². The van der Waals surface area contributed by atoms with Gasteiger partial charge in [-0.25, -0.2) is 8.78 Å². The Labute approximate surface area is 143 Å². The van der Waals surface area contributed by atoms with Crippen LogP contribution in [0.4, 0.5) is 35.1 Å². The monoisotopic (exact) mass is 402 g/mol. The lowest BCUT2D eigenvalue weighted by molar-refractivity contribution is -0.344. The number of halogens is 8. The summed E-state index contributed by atoms with van der Waals surface area (Å²) in [7, 11) is 0. The normalized spacial score (nSPS) is 13.0. The fraction of sp³-hybridized carbons (Fsp3) is 0.857. The molecule has 0 amide bonds. The Morgan fingerprint density at radius 2 is 1.42 bits per heavy atom. The molecular weight excluding hydrogens is 384 g/mol. The number of hydrogen-bond donors (Lipinski definition) is 0. The Hall–Kier alpha value is -1.62. The van der Waals surface area contributed by atoms with Crippen molar-refractivity contribution in [1.82, 2.24) is 0 Å². The summed E-state index contributed by atoms with van der Waals surface area (Å²) in [4.78, 5) is 22.3. The fourth-order valence-corrected chi connectivity index (χ4v) is 1.58. The first-order chi connectivity index (χ1) is 11.8. The molecule has 0 saturated heterocycles.